The van der Waals surface area contributed by atoms with Crippen molar-refractivity contribution in [2.75, 3.05) is 18.5 Å². The summed E-state index contributed by atoms with van der Waals surface area (Å²) in [5, 5.41) is 2.91. The Balaban J connectivity index is 1.27. The average Bonchev–Trinajstić information content (AvgIpc) is 3.43. The lowest BCUT2D eigenvalue weighted by Gasteiger charge is -2.24. The van der Waals surface area contributed by atoms with Crippen molar-refractivity contribution in [1.29, 1.82) is 0 Å². The van der Waals surface area contributed by atoms with Crippen molar-refractivity contribution in [3.8, 4) is 11.1 Å². The Hall–Kier alpha value is -3.12. The summed E-state index contributed by atoms with van der Waals surface area (Å²) in [6.45, 7) is 0.777. The molecule has 6 heteroatoms. The first-order valence-electron chi connectivity index (χ1n) is 10.8. The normalized spacial score (nSPS) is 17.0. The Bertz CT molecular complexity index is 1120. The monoisotopic (exact) mass is 490 g/mol. The van der Waals surface area contributed by atoms with Gasteiger partial charge in [-0.1, -0.05) is 64.5 Å². The number of benzene rings is 3. The van der Waals surface area contributed by atoms with E-state index in [0.717, 1.165) is 10.9 Å². The molecule has 0 spiro atoms. The van der Waals surface area contributed by atoms with E-state index >= 15 is 0 Å². The standard InChI is InChI=1S/C26H23BrN2O3/c27-17-11-13-18(14-12-17)28-25(30)24-10-5-15-29(24)26(31)32-16-23-21-8-3-1-6-19(21)20-7-2-4-9-22(20)23/h1-4,6-9,11-14,23-24H,5,10,15-16H2,(H,28,30)/t24-/m0/s1. The minimum Gasteiger partial charge on any atom is -0.448 e. The van der Waals surface area contributed by atoms with E-state index in [1.807, 2.05) is 48.5 Å². The molecule has 3 aromatic rings. The van der Waals surface area contributed by atoms with E-state index in [9.17, 15) is 9.59 Å². The quantitative estimate of drug-likeness (QED) is 0.502. The highest BCUT2D eigenvalue weighted by molar-refractivity contribution is 9.10. The van der Waals surface area contributed by atoms with Crippen LogP contribution in [-0.4, -0.2) is 36.1 Å². The number of nitrogens with zero attached hydrogens (tertiary/aromatic N) is 1. The summed E-state index contributed by atoms with van der Waals surface area (Å²) >= 11 is 3.39. The van der Waals surface area contributed by atoms with Crippen molar-refractivity contribution in [2.45, 2.75) is 24.8 Å². The molecule has 0 radical (unpaired) electrons. The van der Waals surface area contributed by atoms with Crippen LogP contribution >= 0.6 is 15.9 Å². The largest absolute Gasteiger partial charge is 0.448 e. The highest BCUT2D eigenvalue weighted by Gasteiger charge is 2.36. The van der Waals surface area contributed by atoms with Crippen molar-refractivity contribution < 1.29 is 14.3 Å². The summed E-state index contributed by atoms with van der Waals surface area (Å²) in [5.41, 5.74) is 5.44. The number of fused-ring (bicyclic) bond motifs is 3. The fourth-order valence-electron chi connectivity index (χ4n) is 4.69. The van der Waals surface area contributed by atoms with Crippen LogP contribution in [-0.2, 0) is 9.53 Å². The van der Waals surface area contributed by atoms with Crippen molar-refractivity contribution >= 4 is 33.6 Å². The van der Waals surface area contributed by atoms with Crippen LogP contribution in [0.25, 0.3) is 11.1 Å². The maximum Gasteiger partial charge on any atom is 0.410 e. The number of likely N-dealkylation sites (tertiary alicyclic amines) is 1. The molecule has 1 aliphatic heterocycles. The summed E-state index contributed by atoms with van der Waals surface area (Å²) in [7, 11) is 0. The lowest BCUT2D eigenvalue weighted by molar-refractivity contribution is -0.120. The van der Waals surface area contributed by atoms with Crippen molar-refractivity contribution in [1.82, 2.24) is 4.90 Å². The predicted octanol–water partition coefficient (Wildman–Crippen LogP) is 5.80. The molecule has 3 aromatic carbocycles. The molecule has 0 saturated carbocycles. The average molecular weight is 491 g/mol. The number of ether oxygens (including phenoxy) is 1. The van der Waals surface area contributed by atoms with Crippen molar-refractivity contribution in [2.24, 2.45) is 0 Å². The minimum atomic E-state index is -0.519. The van der Waals surface area contributed by atoms with Crippen LogP contribution in [0.5, 0.6) is 0 Å². The molecule has 1 atom stereocenters. The molecule has 1 saturated heterocycles. The van der Waals surface area contributed by atoms with Gasteiger partial charge in [0.1, 0.15) is 12.6 Å². The summed E-state index contributed by atoms with van der Waals surface area (Å²) in [4.78, 5) is 27.3. The molecule has 1 heterocycles. The molecule has 0 aromatic heterocycles. The summed E-state index contributed by atoms with van der Waals surface area (Å²) in [6.07, 6.45) is 0.982. The van der Waals surface area contributed by atoms with E-state index in [1.165, 1.54) is 22.3 Å². The van der Waals surface area contributed by atoms with Gasteiger partial charge in [-0.15, -0.1) is 0 Å². The highest BCUT2D eigenvalue weighted by atomic mass is 79.9. The predicted molar refractivity (Wildman–Crippen MR) is 128 cm³/mol. The number of hydrogen-bond acceptors (Lipinski definition) is 3. The van der Waals surface area contributed by atoms with Gasteiger partial charge in [-0.3, -0.25) is 9.69 Å². The fraction of sp³-hybridized carbons (Fsp3) is 0.231. The molecule has 1 N–H and O–H groups in total. The number of rotatable bonds is 4. The zero-order chi connectivity index (χ0) is 22.1. The van der Waals surface area contributed by atoms with Crippen LogP contribution in [0.2, 0.25) is 0 Å². The van der Waals surface area contributed by atoms with Gasteiger partial charge in [0.05, 0.1) is 0 Å². The second-order valence-corrected chi connectivity index (χ2v) is 9.07. The third-order valence-corrected chi connectivity index (χ3v) is 6.77. The fourth-order valence-corrected chi connectivity index (χ4v) is 4.96. The van der Waals surface area contributed by atoms with Crippen LogP contribution in [0.3, 0.4) is 0 Å². The SMILES string of the molecule is O=C(Nc1ccc(Br)cc1)[C@@H]1CCCN1C(=O)OCC1c2ccccc2-c2ccccc21. The van der Waals surface area contributed by atoms with Crippen LogP contribution in [0.15, 0.2) is 77.3 Å². The summed E-state index contributed by atoms with van der Waals surface area (Å²) in [5.74, 6) is -0.178. The number of hydrogen-bond donors (Lipinski definition) is 1. The summed E-state index contributed by atoms with van der Waals surface area (Å²) in [6, 6.07) is 23.4. The number of halogens is 1. The molecule has 2 aliphatic rings. The van der Waals surface area contributed by atoms with Crippen LogP contribution in [0.1, 0.15) is 29.9 Å². The number of carbonyl (C=O) groups is 2. The van der Waals surface area contributed by atoms with Gasteiger partial charge < -0.3 is 10.1 Å². The lowest BCUT2D eigenvalue weighted by atomic mass is 9.98. The van der Waals surface area contributed by atoms with E-state index in [4.69, 9.17) is 4.74 Å². The molecule has 0 unspecified atom stereocenters. The first-order valence-corrected chi connectivity index (χ1v) is 11.6. The third-order valence-electron chi connectivity index (χ3n) is 6.24. The maximum atomic E-state index is 13.0. The van der Waals surface area contributed by atoms with Gasteiger partial charge in [-0.05, 0) is 59.4 Å². The second kappa shape index (κ2) is 8.79. The van der Waals surface area contributed by atoms with E-state index in [0.29, 0.717) is 18.7 Å². The second-order valence-electron chi connectivity index (χ2n) is 8.15. The van der Waals surface area contributed by atoms with E-state index in [-0.39, 0.29) is 18.4 Å². The zero-order valence-corrected chi connectivity index (χ0v) is 19.0. The van der Waals surface area contributed by atoms with Gasteiger partial charge in [0, 0.05) is 22.6 Å². The number of carbonyl (C=O) groups excluding carboxylic acids is 2. The van der Waals surface area contributed by atoms with Gasteiger partial charge in [-0.2, -0.15) is 0 Å². The number of amides is 2. The molecule has 32 heavy (non-hydrogen) atoms. The van der Waals surface area contributed by atoms with Crippen LogP contribution in [0, 0.1) is 0 Å². The highest BCUT2D eigenvalue weighted by Crippen LogP contribution is 2.44. The molecule has 1 fully saturated rings. The zero-order valence-electron chi connectivity index (χ0n) is 17.5. The molecule has 0 bridgehead atoms. The van der Waals surface area contributed by atoms with Crippen molar-refractivity contribution in [3.63, 3.8) is 0 Å². The molecule has 1 aliphatic carbocycles. The molecule has 162 valence electrons. The maximum absolute atomic E-state index is 13.0. The third kappa shape index (κ3) is 3.91. The van der Waals surface area contributed by atoms with Crippen LogP contribution in [0.4, 0.5) is 10.5 Å². The first kappa shape index (κ1) is 20.8. The Morgan fingerprint density at radius 3 is 2.22 bits per heavy atom. The van der Waals surface area contributed by atoms with Gasteiger partial charge in [0.2, 0.25) is 5.91 Å². The van der Waals surface area contributed by atoms with E-state index in [1.54, 1.807) is 4.90 Å². The topological polar surface area (TPSA) is 58.6 Å². The first-order chi connectivity index (χ1) is 15.6. The summed E-state index contributed by atoms with van der Waals surface area (Å²) < 4.78 is 6.71. The number of nitrogens with one attached hydrogen (secondary N) is 1. The lowest BCUT2D eigenvalue weighted by Crippen LogP contribution is -2.43. The van der Waals surface area contributed by atoms with Gasteiger partial charge in [0.15, 0.2) is 0 Å². The van der Waals surface area contributed by atoms with E-state index < -0.39 is 12.1 Å². The van der Waals surface area contributed by atoms with Gasteiger partial charge >= 0.3 is 6.09 Å². The molecular weight excluding hydrogens is 468 g/mol. The van der Waals surface area contributed by atoms with Gasteiger partial charge in [-0.25, -0.2) is 4.79 Å². The molecule has 5 rings (SSSR count). The molecule has 5 nitrogen and oxygen atoms in total. The van der Waals surface area contributed by atoms with Crippen LogP contribution < -0.4 is 5.32 Å². The Kier molecular flexibility index (Phi) is 5.70. The van der Waals surface area contributed by atoms with Gasteiger partial charge in [0.25, 0.3) is 0 Å². The van der Waals surface area contributed by atoms with E-state index in [2.05, 4.69) is 45.5 Å². The Morgan fingerprint density at radius 1 is 0.938 bits per heavy atom. The van der Waals surface area contributed by atoms with Crippen molar-refractivity contribution in [3.05, 3.63) is 88.4 Å². The minimum absolute atomic E-state index is 0.00370. The number of anilines is 1. The molecule has 2 amide bonds. The molecular formula is C26H23BrN2O3. The Labute approximate surface area is 195 Å². The Morgan fingerprint density at radius 2 is 1.56 bits per heavy atom. The smallest absolute Gasteiger partial charge is 0.410 e.